The molecule has 2 rings (SSSR count). The van der Waals surface area contributed by atoms with Crippen molar-refractivity contribution >= 4 is 12.0 Å². The van der Waals surface area contributed by atoms with Crippen molar-refractivity contribution in [1.29, 1.82) is 0 Å². The number of nitrogens with zero attached hydrogens (tertiary/aromatic N) is 1. The summed E-state index contributed by atoms with van der Waals surface area (Å²) in [5.74, 6) is -0.199. The molecule has 144 valence electrons. The molecule has 1 aromatic rings. The van der Waals surface area contributed by atoms with Crippen LogP contribution in [0.5, 0.6) is 0 Å². The van der Waals surface area contributed by atoms with E-state index in [1.807, 2.05) is 32.0 Å². The summed E-state index contributed by atoms with van der Waals surface area (Å²) < 4.78 is 4.91. The summed E-state index contributed by atoms with van der Waals surface area (Å²) >= 11 is 0. The number of nitrogens with one attached hydrogen (secondary N) is 2. The number of rotatable bonds is 8. The van der Waals surface area contributed by atoms with Gasteiger partial charge in [0.05, 0.1) is 12.6 Å². The lowest BCUT2D eigenvalue weighted by atomic mass is 10.0. The first-order chi connectivity index (χ1) is 12.5. The van der Waals surface area contributed by atoms with Crippen LogP contribution in [0.25, 0.3) is 0 Å². The van der Waals surface area contributed by atoms with Crippen LogP contribution in [0.2, 0.25) is 0 Å². The molecule has 0 aliphatic carbocycles. The minimum atomic E-state index is -0.607. The predicted octanol–water partition coefficient (Wildman–Crippen LogP) is 2.71. The summed E-state index contributed by atoms with van der Waals surface area (Å²) in [5, 5.41) is 5.70. The third-order valence-corrected chi connectivity index (χ3v) is 4.73. The molecule has 1 aromatic carbocycles. The number of alkyl carbamates (subject to hydrolysis) is 1. The molecule has 1 heterocycles. The van der Waals surface area contributed by atoms with Gasteiger partial charge in [-0.25, -0.2) is 4.79 Å². The molecular formula is C20H31N3O3. The Hall–Kier alpha value is -2.08. The second-order valence-corrected chi connectivity index (χ2v) is 7.00. The van der Waals surface area contributed by atoms with Gasteiger partial charge in [0.1, 0.15) is 6.04 Å². The van der Waals surface area contributed by atoms with Crippen molar-refractivity contribution in [3.63, 3.8) is 0 Å². The summed E-state index contributed by atoms with van der Waals surface area (Å²) in [6.07, 6.45) is 1.83. The first kappa shape index (κ1) is 20.2. The molecule has 0 radical (unpaired) electrons. The summed E-state index contributed by atoms with van der Waals surface area (Å²) in [4.78, 5) is 26.8. The Morgan fingerprint density at radius 3 is 2.38 bits per heavy atom. The molecule has 6 heteroatoms. The number of carbonyl (C=O) groups is 2. The highest BCUT2D eigenvalue weighted by Crippen LogP contribution is 2.24. The Morgan fingerprint density at radius 1 is 1.15 bits per heavy atom. The minimum absolute atomic E-state index is 0.0265. The van der Waals surface area contributed by atoms with Crippen LogP contribution in [0.15, 0.2) is 30.3 Å². The van der Waals surface area contributed by atoms with E-state index in [4.69, 9.17) is 4.74 Å². The largest absolute Gasteiger partial charge is 0.450 e. The fraction of sp³-hybridized carbons (Fsp3) is 0.600. The first-order valence-corrected chi connectivity index (χ1v) is 9.53. The predicted molar refractivity (Wildman–Crippen MR) is 102 cm³/mol. The summed E-state index contributed by atoms with van der Waals surface area (Å²) in [7, 11) is 0. The topological polar surface area (TPSA) is 70.7 Å². The van der Waals surface area contributed by atoms with Gasteiger partial charge in [0.25, 0.3) is 0 Å². The second kappa shape index (κ2) is 10.2. The zero-order valence-electron chi connectivity index (χ0n) is 16.0. The van der Waals surface area contributed by atoms with E-state index in [1.165, 1.54) is 18.4 Å². The van der Waals surface area contributed by atoms with Crippen LogP contribution in [-0.2, 0) is 9.53 Å². The Balaban J connectivity index is 2.01. The van der Waals surface area contributed by atoms with E-state index in [1.54, 1.807) is 6.92 Å². The van der Waals surface area contributed by atoms with E-state index < -0.39 is 12.1 Å². The smallest absolute Gasteiger partial charge is 0.407 e. The summed E-state index contributed by atoms with van der Waals surface area (Å²) in [5.41, 5.74) is 1.20. The average molecular weight is 361 g/mol. The standard InChI is InChI=1S/C20H31N3O3/c1-4-26-20(25)22-18(15(2)3)19(24)21-14-17(23-12-8-9-13-23)16-10-6-5-7-11-16/h5-7,10-11,15,17-18H,4,8-9,12-14H2,1-3H3,(H,21,24)(H,22,25). The first-order valence-electron chi connectivity index (χ1n) is 9.53. The van der Waals surface area contributed by atoms with Crippen LogP contribution in [0.1, 0.15) is 45.2 Å². The normalized spacial score (nSPS) is 16.9. The van der Waals surface area contributed by atoms with Gasteiger partial charge in [0.2, 0.25) is 5.91 Å². The van der Waals surface area contributed by atoms with Crippen LogP contribution in [0.4, 0.5) is 4.79 Å². The van der Waals surface area contributed by atoms with Gasteiger partial charge in [-0.2, -0.15) is 0 Å². The summed E-state index contributed by atoms with van der Waals surface area (Å²) in [6.45, 7) is 8.45. The van der Waals surface area contributed by atoms with Crippen LogP contribution in [0, 0.1) is 5.92 Å². The number of amides is 2. The average Bonchev–Trinajstić information content (AvgIpc) is 3.15. The van der Waals surface area contributed by atoms with Gasteiger partial charge in [-0.3, -0.25) is 9.69 Å². The minimum Gasteiger partial charge on any atom is -0.450 e. The molecule has 0 aromatic heterocycles. The molecule has 1 aliphatic heterocycles. The fourth-order valence-electron chi connectivity index (χ4n) is 3.33. The molecule has 1 fully saturated rings. The van der Waals surface area contributed by atoms with Crippen LogP contribution < -0.4 is 10.6 Å². The van der Waals surface area contributed by atoms with Crippen molar-refractivity contribution in [3.8, 4) is 0 Å². The van der Waals surface area contributed by atoms with Gasteiger partial charge in [-0.05, 0) is 44.3 Å². The van der Waals surface area contributed by atoms with Crippen molar-refractivity contribution in [2.45, 2.75) is 45.7 Å². The third kappa shape index (κ3) is 5.73. The summed E-state index contributed by atoms with van der Waals surface area (Å²) in [6, 6.07) is 9.81. The van der Waals surface area contributed by atoms with E-state index >= 15 is 0 Å². The Morgan fingerprint density at radius 2 is 1.81 bits per heavy atom. The highest BCUT2D eigenvalue weighted by atomic mass is 16.5. The fourth-order valence-corrected chi connectivity index (χ4v) is 3.33. The SMILES string of the molecule is CCOC(=O)NC(C(=O)NCC(c1ccccc1)N1CCCC1)C(C)C. The van der Waals surface area contributed by atoms with Crippen molar-refractivity contribution in [2.24, 2.45) is 5.92 Å². The van der Waals surface area contributed by atoms with Crippen LogP contribution in [-0.4, -0.2) is 49.2 Å². The third-order valence-electron chi connectivity index (χ3n) is 4.73. The number of ether oxygens (including phenoxy) is 1. The van der Waals surface area contributed by atoms with Crippen molar-refractivity contribution in [3.05, 3.63) is 35.9 Å². The zero-order valence-corrected chi connectivity index (χ0v) is 16.0. The monoisotopic (exact) mass is 361 g/mol. The molecule has 0 spiro atoms. The van der Waals surface area contributed by atoms with Crippen molar-refractivity contribution in [2.75, 3.05) is 26.2 Å². The van der Waals surface area contributed by atoms with Crippen molar-refractivity contribution < 1.29 is 14.3 Å². The molecule has 1 saturated heterocycles. The maximum absolute atomic E-state index is 12.7. The molecule has 2 atom stereocenters. The highest BCUT2D eigenvalue weighted by molar-refractivity contribution is 5.85. The molecule has 2 N–H and O–H groups in total. The highest BCUT2D eigenvalue weighted by Gasteiger charge is 2.28. The maximum Gasteiger partial charge on any atom is 0.407 e. The van der Waals surface area contributed by atoms with E-state index in [9.17, 15) is 9.59 Å². The molecule has 6 nitrogen and oxygen atoms in total. The number of hydrogen-bond donors (Lipinski definition) is 2. The Labute approximate surface area is 156 Å². The maximum atomic E-state index is 12.7. The van der Waals surface area contributed by atoms with E-state index in [0.717, 1.165) is 13.1 Å². The van der Waals surface area contributed by atoms with E-state index in [2.05, 4.69) is 27.7 Å². The molecule has 0 bridgehead atoms. The molecule has 2 unspecified atom stereocenters. The second-order valence-electron chi connectivity index (χ2n) is 7.00. The number of likely N-dealkylation sites (tertiary alicyclic amines) is 1. The van der Waals surface area contributed by atoms with Gasteiger partial charge in [-0.15, -0.1) is 0 Å². The molecule has 1 aliphatic rings. The van der Waals surface area contributed by atoms with Gasteiger partial charge in [-0.1, -0.05) is 44.2 Å². The van der Waals surface area contributed by atoms with Gasteiger partial charge in [0.15, 0.2) is 0 Å². The van der Waals surface area contributed by atoms with Crippen LogP contribution >= 0.6 is 0 Å². The Bertz CT molecular complexity index is 571. The van der Waals surface area contributed by atoms with Crippen molar-refractivity contribution in [1.82, 2.24) is 15.5 Å². The van der Waals surface area contributed by atoms with Gasteiger partial charge < -0.3 is 15.4 Å². The quantitative estimate of drug-likeness (QED) is 0.747. The van der Waals surface area contributed by atoms with Gasteiger partial charge in [0, 0.05) is 6.54 Å². The number of benzene rings is 1. The molecular weight excluding hydrogens is 330 g/mol. The lowest BCUT2D eigenvalue weighted by molar-refractivity contribution is -0.124. The van der Waals surface area contributed by atoms with Crippen LogP contribution in [0.3, 0.4) is 0 Å². The van der Waals surface area contributed by atoms with E-state index in [0.29, 0.717) is 6.54 Å². The molecule has 0 saturated carbocycles. The molecule has 26 heavy (non-hydrogen) atoms. The lowest BCUT2D eigenvalue weighted by Gasteiger charge is -2.29. The number of carbonyl (C=O) groups excluding carboxylic acids is 2. The van der Waals surface area contributed by atoms with Gasteiger partial charge >= 0.3 is 6.09 Å². The van der Waals surface area contributed by atoms with E-state index in [-0.39, 0.29) is 24.5 Å². The molecule has 2 amide bonds. The zero-order chi connectivity index (χ0) is 18.9. The Kier molecular flexibility index (Phi) is 7.91. The number of hydrogen-bond acceptors (Lipinski definition) is 4. The lowest BCUT2D eigenvalue weighted by Crippen LogP contribution is -2.51.